The van der Waals surface area contributed by atoms with Crippen LogP contribution in [0.2, 0.25) is 0 Å². The van der Waals surface area contributed by atoms with E-state index < -0.39 is 0 Å². The van der Waals surface area contributed by atoms with E-state index in [-0.39, 0.29) is 11.8 Å². The van der Waals surface area contributed by atoms with Gasteiger partial charge in [0.15, 0.2) is 0 Å². The van der Waals surface area contributed by atoms with Crippen LogP contribution in [0.1, 0.15) is 37.4 Å². The normalized spacial score (nSPS) is 15.5. The molecule has 5 rings (SSSR count). The molecule has 0 fully saturated rings. The lowest BCUT2D eigenvalue weighted by Gasteiger charge is -2.23. The first-order chi connectivity index (χ1) is 12.6. The molecule has 2 amide bonds. The summed E-state index contributed by atoms with van der Waals surface area (Å²) < 4.78 is 0.909. The molecule has 1 aliphatic carbocycles. The number of amides is 2. The van der Waals surface area contributed by atoms with Crippen LogP contribution < -0.4 is 0 Å². The lowest BCUT2D eigenvalue weighted by atomic mass is 9.92. The molecule has 4 nitrogen and oxygen atoms in total. The van der Waals surface area contributed by atoms with E-state index in [1.807, 2.05) is 48.5 Å². The Balaban J connectivity index is 1.63. The molecule has 3 aromatic rings. The van der Waals surface area contributed by atoms with Crippen molar-refractivity contribution in [2.24, 2.45) is 5.10 Å². The maximum atomic E-state index is 12.9. The molecule has 0 aromatic heterocycles. The van der Waals surface area contributed by atoms with Crippen molar-refractivity contribution in [2.75, 3.05) is 0 Å². The highest BCUT2D eigenvalue weighted by molar-refractivity contribution is 9.10. The van der Waals surface area contributed by atoms with Crippen LogP contribution in [0.3, 0.4) is 0 Å². The fraction of sp³-hybridized carbons (Fsp3) is 0.0952. The molecule has 0 saturated carbocycles. The first-order valence-corrected chi connectivity index (χ1v) is 9.18. The predicted octanol–water partition coefficient (Wildman–Crippen LogP) is 4.33. The summed E-state index contributed by atoms with van der Waals surface area (Å²) in [6, 6.07) is 15.2. The number of benzene rings is 3. The van der Waals surface area contributed by atoms with E-state index in [9.17, 15) is 9.59 Å². The van der Waals surface area contributed by atoms with Gasteiger partial charge in [0.2, 0.25) is 0 Å². The van der Waals surface area contributed by atoms with Gasteiger partial charge in [-0.1, -0.05) is 40.2 Å². The first-order valence-electron chi connectivity index (χ1n) is 8.39. The Bertz CT molecular complexity index is 1090. The molecule has 26 heavy (non-hydrogen) atoms. The molecule has 2 aliphatic rings. The Kier molecular flexibility index (Phi) is 3.34. The zero-order valence-corrected chi connectivity index (χ0v) is 15.3. The summed E-state index contributed by atoms with van der Waals surface area (Å²) in [6.07, 6.45) is 3.45. The zero-order chi connectivity index (χ0) is 17.8. The molecule has 0 unspecified atom stereocenters. The fourth-order valence-electron chi connectivity index (χ4n) is 3.82. The van der Waals surface area contributed by atoms with Gasteiger partial charge in [0.1, 0.15) is 0 Å². The molecule has 5 heteroatoms. The number of halogens is 1. The van der Waals surface area contributed by atoms with Crippen LogP contribution in [0.4, 0.5) is 0 Å². The second kappa shape index (κ2) is 5.61. The molecular formula is C21H13BrN2O2. The van der Waals surface area contributed by atoms with Crippen LogP contribution in [-0.2, 0) is 12.8 Å². The van der Waals surface area contributed by atoms with Crippen LogP contribution >= 0.6 is 15.9 Å². The molecular weight excluding hydrogens is 392 g/mol. The van der Waals surface area contributed by atoms with Crippen LogP contribution in [-0.4, -0.2) is 23.0 Å². The Morgan fingerprint density at radius 3 is 2.15 bits per heavy atom. The van der Waals surface area contributed by atoms with Crippen molar-refractivity contribution < 1.29 is 9.59 Å². The maximum Gasteiger partial charge on any atom is 0.282 e. The van der Waals surface area contributed by atoms with Crippen LogP contribution in [0, 0.1) is 0 Å². The highest BCUT2D eigenvalue weighted by Gasteiger charge is 2.34. The number of hydrogen-bond acceptors (Lipinski definition) is 3. The van der Waals surface area contributed by atoms with Crippen molar-refractivity contribution >= 4 is 44.7 Å². The summed E-state index contributed by atoms with van der Waals surface area (Å²) in [7, 11) is 0. The molecule has 0 bridgehead atoms. The number of imide groups is 1. The van der Waals surface area contributed by atoms with E-state index in [0.29, 0.717) is 11.1 Å². The second-order valence-electron chi connectivity index (χ2n) is 6.52. The quantitative estimate of drug-likeness (QED) is 0.471. The highest BCUT2D eigenvalue weighted by Crippen LogP contribution is 2.38. The number of carbonyl (C=O) groups is 2. The minimum absolute atomic E-state index is 0.371. The summed E-state index contributed by atoms with van der Waals surface area (Å²) in [4.78, 5) is 25.9. The van der Waals surface area contributed by atoms with Crippen LogP contribution in [0.5, 0.6) is 0 Å². The third-order valence-corrected chi connectivity index (χ3v) is 5.51. The van der Waals surface area contributed by atoms with Crippen molar-refractivity contribution in [3.63, 3.8) is 0 Å². The smallest absolute Gasteiger partial charge is 0.267 e. The third kappa shape index (κ3) is 2.17. The van der Waals surface area contributed by atoms with Crippen molar-refractivity contribution in [3.8, 4) is 0 Å². The number of hydrazone groups is 1. The SMILES string of the molecule is O=C1c2ccc3c4c(ccc(c24)C(=O)N1N=Cc1cccc(Br)c1)CC3. The van der Waals surface area contributed by atoms with Gasteiger partial charge < -0.3 is 0 Å². The second-order valence-corrected chi connectivity index (χ2v) is 7.43. The van der Waals surface area contributed by atoms with Crippen LogP contribution in [0.15, 0.2) is 58.1 Å². The number of hydrogen-bond donors (Lipinski definition) is 0. The number of aryl methyl sites for hydroxylation is 2. The first kappa shape index (κ1) is 15.5. The standard InChI is InChI=1S/C21H13BrN2O2/c22-15-3-1-2-12(10-15)11-23-24-20(25)16-8-6-13-4-5-14-7-9-17(21(24)26)19(16)18(13)14/h1-3,6-11H,4-5H2. The van der Waals surface area contributed by atoms with Gasteiger partial charge in [0, 0.05) is 9.86 Å². The topological polar surface area (TPSA) is 49.7 Å². The summed E-state index contributed by atoms with van der Waals surface area (Å²) in [5, 5.41) is 7.03. The van der Waals surface area contributed by atoms with Gasteiger partial charge in [-0.05, 0) is 59.2 Å². The summed E-state index contributed by atoms with van der Waals surface area (Å²) in [6.45, 7) is 0. The summed E-state index contributed by atoms with van der Waals surface area (Å²) >= 11 is 3.40. The van der Waals surface area contributed by atoms with Crippen molar-refractivity contribution in [3.05, 3.63) is 80.8 Å². The van der Waals surface area contributed by atoms with Gasteiger partial charge in [-0.15, -0.1) is 0 Å². The van der Waals surface area contributed by atoms with E-state index in [1.165, 1.54) is 17.3 Å². The van der Waals surface area contributed by atoms with Crippen molar-refractivity contribution in [1.82, 2.24) is 5.01 Å². The largest absolute Gasteiger partial charge is 0.282 e. The highest BCUT2D eigenvalue weighted by atomic mass is 79.9. The number of rotatable bonds is 2. The monoisotopic (exact) mass is 404 g/mol. The molecule has 0 atom stereocenters. The van der Waals surface area contributed by atoms with Gasteiger partial charge in [-0.25, -0.2) is 0 Å². The molecule has 1 heterocycles. The van der Waals surface area contributed by atoms with E-state index in [4.69, 9.17) is 0 Å². The molecule has 0 N–H and O–H groups in total. The van der Waals surface area contributed by atoms with Gasteiger partial charge in [-0.3, -0.25) is 9.59 Å². The molecule has 0 radical (unpaired) electrons. The molecule has 0 spiro atoms. The molecule has 126 valence electrons. The zero-order valence-electron chi connectivity index (χ0n) is 13.7. The molecule has 1 aliphatic heterocycles. The average Bonchev–Trinajstić information content (AvgIpc) is 3.06. The number of carbonyl (C=O) groups excluding carboxylic acids is 2. The average molecular weight is 405 g/mol. The van der Waals surface area contributed by atoms with E-state index in [0.717, 1.165) is 38.7 Å². The van der Waals surface area contributed by atoms with E-state index in [1.54, 1.807) is 0 Å². The Labute approximate surface area is 158 Å². The lowest BCUT2D eigenvalue weighted by Crippen LogP contribution is -2.36. The minimum Gasteiger partial charge on any atom is -0.267 e. The third-order valence-electron chi connectivity index (χ3n) is 5.01. The van der Waals surface area contributed by atoms with E-state index in [2.05, 4.69) is 21.0 Å². The molecule has 0 saturated heterocycles. The summed E-state index contributed by atoms with van der Waals surface area (Å²) in [5.74, 6) is -0.742. The summed E-state index contributed by atoms with van der Waals surface area (Å²) in [5.41, 5.74) is 4.33. The van der Waals surface area contributed by atoms with Gasteiger partial charge in [-0.2, -0.15) is 10.1 Å². The van der Waals surface area contributed by atoms with Gasteiger partial charge >= 0.3 is 0 Å². The Morgan fingerprint density at radius 1 is 0.885 bits per heavy atom. The van der Waals surface area contributed by atoms with E-state index >= 15 is 0 Å². The van der Waals surface area contributed by atoms with Gasteiger partial charge in [0.05, 0.1) is 17.3 Å². The van der Waals surface area contributed by atoms with Crippen molar-refractivity contribution in [1.29, 1.82) is 0 Å². The maximum absolute atomic E-state index is 12.9. The number of nitrogens with zero attached hydrogens (tertiary/aromatic N) is 2. The predicted molar refractivity (Wildman–Crippen MR) is 104 cm³/mol. The Morgan fingerprint density at radius 2 is 1.54 bits per heavy atom. The van der Waals surface area contributed by atoms with Crippen LogP contribution in [0.25, 0.3) is 10.8 Å². The lowest BCUT2D eigenvalue weighted by molar-refractivity contribution is 0.0616. The Hall–Kier alpha value is -2.79. The minimum atomic E-state index is -0.371. The molecule has 3 aromatic carbocycles. The fourth-order valence-corrected chi connectivity index (χ4v) is 4.24. The van der Waals surface area contributed by atoms with Crippen molar-refractivity contribution in [2.45, 2.75) is 12.8 Å². The van der Waals surface area contributed by atoms with Gasteiger partial charge in [0.25, 0.3) is 11.8 Å².